The largest absolute Gasteiger partial charge is 0.418 e. The van der Waals surface area contributed by atoms with Crippen LogP contribution in [0.4, 0.5) is 0 Å². The summed E-state index contributed by atoms with van der Waals surface area (Å²) in [7, 11) is 0. The number of hydrogen-bond acceptors (Lipinski definition) is 3. The topological polar surface area (TPSA) is 26.3 Å². The van der Waals surface area contributed by atoms with Gasteiger partial charge in [-0.3, -0.25) is 4.79 Å². The molecule has 0 radical (unpaired) electrons. The highest BCUT2D eigenvalue weighted by Crippen LogP contribution is 2.27. The van der Waals surface area contributed by atoms with E-state index in [0.717, 1.165) is 0 Å². The number of thiophene rings is 1. The van der Waals surface area contributed by atoms with Crippen molar-refractivity contribution in [3.05, 3.63) is 16.5 Å². The van der Waals surface area contributed by atoms with Crippen molar-refractivity contribution in [2.45, 2.75) is 0 Å². The molecule has 0 spiro atoms. The van der Waals surface area contributed by atoms with Gasteiger partial charge in [0.1, 0.15) is 0 Å². The molecule has 0 unspecified atom stereocenters. The smallest absolute Gasteiger partial charge is 0.299 e. The number of halogens is 1. The van der Waals surface area contributed by atoms with E-state index in [4.69, 9.17) is 11.6 Å². The van der Waals surface area contributed by atoms with Crippen molar-refractivity contribution in [1.82, 2.24) is 0 Å². The fraction of sp³-hybridized carbons (Fsp3) is 0. The van der Waals surface area contributed by atoms with Crippen LogP contribution in [0.3, 0.4) is 0 Å². The van der Waals surface area contributed by atoms with Gasteiger partial charge in [0.15, 0.2) is 5.06 Å². The lowest BCUT2D eigenvalue weighted by Crippen LogP contribution is -1.82. The van der Waals surface area contributed by atoms with Crippen molar-refractivity contribution in [1.29, 1.82) is 0 Å². The van der Waals surface area contributed by atoms with Crippen molar-refractivity contribution in [3.63, 3.8) is 0 Å². The van der Waals surface area contributed by atoms with Gasteiger partial charge in [-0.2, -0.15) is 0 Å². The molecular formula is C5H3ClO2S. The Labute approximate surface area is 61.0 Å². The summed E-state index contributed by atoms with van der Waals surface area (Å²) in [6.07, 6.45) is 0. The van der Waals surface area contributed by atoms with Gasteiger partial charge >= 0.3 is 0 Å². The highest BCUT2D eigenvalue weighted by atomic mass is 35.5. The summed E-state index contributed by atoms with van der Waals surface area (Å²) in [4.78, 5) is 9.72. The molecule has 0 bridgehead atoms. The molecular weight excluding hydrogens is 160 g/mol. The summed E-state index contributed by atoms with van der Waals surface area (Å²) in [6.45, 7) is 0.377. The second kappa shape index (κ2) is 2.85. The lowest BCUT2D eigenvalue weighted by atomic mass is 10.6. The van der Waals surface area contributed by atoms with Crippen LogP contribution in [0.1, 0.15) is 0 Å². The number of hydrogen-bond donors (Lipinski definition) is 0. The molecule has 0 aliphatic heterocycles. The quantitative estimate of drug-likeness (QED) is 0.622. The molecule has 0 saturated carbocycles. The van der Waals surface area contributed by atoms with E-state index in [-0.39, 0.29) is 0 Å². The molecule has 48 valence electrons. The summed E-state index contributed by atoms with van der Waals surface area (Å²) < 4.78 is 5.10. The molecule has 1 heterocycles. The van der Waals surface area contributed by atoms with Gasteiger partial charge in [-0.1, -0.05) is 22.9 Å². The van der Waals surface area contributed by atoms with Crippen LogP contribution in [-0.2, 0) is 4.79 Å². The van der Waals surface area contributed by atoms with Crippen LogP contribution >= 0.6 is 22.9 Å². The minimum atomic E-state index is 0.377. The number of ether oxygens (including phenoxy) is 1. The van der Waals surface area contributed by atoms with E-state index in [0.29, 0.717) is 15.9 Å². The van der Waals surface area contributed by atoms with E-state index in [1.165, 1.54) is 11.3 Å². The van der Waals surface area contributed by atoms with E-state index in [1.54, 1.807) is 12.1 Å². The normalized spacial score (nSPS) is 9.00. The van der Waals surface area contributed by atoms with Crippen molar-refractivity contribution < 1.29 is 9.53 Å². The molecule has 0 saturated heterocycles. The Morgan fingerprint density at radius 2 is 2.44 bits per heavy atom. The Balaban J connectivity index is 2.72. The Morgan fingerprint density at radius 1 is 1.67 bits per heavy atom. The fourth-order valence-electron chi connectivity index (χ4n) is 0.408. The fourth-order valence-corrected chi connectivity index (χ4v) is 1.25. The zero-order valence-corrected chi connectivity index (χ0v) is 5.91. The van der Waals surface area contributed by atoms with Gasteiger partial charge in [0, 0.05) is 0 Å². The molecule has 1 aromatic heterocycles. The van der Waals surface area contributed by atoms with Gasteiger partial charge in [-0.15, -0.1) is 0 Å². The van der Waals surface area contributed by atoms with Gasteiger partial charge in [0.2, 0.25) is 0 Å². The number of carbonyl (C=O) groups is 1. The standard InChI is InChI=1S/C5H3ClO2S/c6-4-1-2-5(9-4)8-3-7/h1-3H. The van der Waals surface area contributed by atoms with E-state index in [1.807, 2.05) is 0 Å². The second-order valence-electron chi connectivity index (χ2n) is 1.27. The van der Waals surface area contributed by atoms with Crippen LogP contribution in [0.25, 0.3) is 0 Å². The van der Waals surface area contributed by atoms with Crippen molar-refractivity contribution in [3.8, 4) is 5.06 Å². The SMILES string of the molecule is O=COc1ccc(Cl)s1. The molecule has 4 heteroatoms. The van der Waals surface area contributed by atoms with Crippen LogP contribution in [0.15, 0.2) is 12.1 Å². The van der Waals surface area contributed by atoms with Crippen LogP contribution in [0, 0.1) is 0 Å². The van der Waals surface area contributed by atoms with Crippen molar-refractivity contribution >= 4 is 29.4 Å². The lowest BCUT2D eigenvalue weighted by Gasteiger charge is -1.84. The van der Waals surface area contributed by atoms with Crippen molar-refractivity contribution in [2.24, 2.45) is 0 Å². The predicted molar refractivity (Wildman–Crippen MR) is 36.0 cm³/mol. The highest BCUT2D eigenvalue weighted by molar-refractivity contribution is 7.17. The molecule has 0 atom stereocenters. The minimum absolute atomic E-state index is 0.377. The first kappa shape index (κ1) is 6.58. The molecule has 0 amide bonds. The summed E-state index contributed by atoms with van der Waals surface area (Å²) >= 11 is 6.74. The molecule has 0 aliphatic carbocycles. The summed E-state index contributed by atoms with van der Waals surface area (Å²) in [5.74, 6) is 0. The first-order valence-electron chi connectivity index (χ1n) is 2.18. The maximum Gasteiger partial charge on any atom is 0.299 e. The third-order valence-corrected chi connectivity index (χ3v) is 1.83. The average Bonchev–Trinajstić information content (AvgIpc) is 2.17. The Kier molecular flexibility index (Phi) is 2.08. The van der Waals surface area contributed by atoms with Crippen LogP contribution in [0.5, 0.6) is 5.06 Å². The molecule has 1 rings (SSSR count). The summed E-state index contributed by atoms with van der Waals surface area (Å²) in [5, 5.41) is 0.523. The minimum Gasteiger partial charge on any atom is -0.418 e. The first-order chi connectivity index (χ1) is 4.33. The van der Waals surface area contributed by atoms with Crippen LogP contribution in [-0.4, -0.2) is 6.47 Å². The zero-order chi connectivity index (χ0) is 6.69. The summed E-state index contributed by atoms with van der Waals surface area (Å²) in [6, 6.07) is 3.31. The Morgan fingerprint density at radius 3 is 2.89 bits per heavy atom. The Bertz CT molecular complexity index is 208. The molecule has 0 aromatic carbocycles. The molecule has 9 heavy (non-hydrogen) atoms. The maximum absolute atomic E-state index is 9.72. The van der Waals surface area contributed by atoms with E-state index in [9.17, 15) is 4.79 Å². The molecule has 2 nitrogen and oxygen atoms in total. The average molecular weight is 163 g/mol. The van der Waals surface area contributed by atoms with E-state index < -0.39 is 0 Å². The Hall–Kier alpha value is -0.540. The molecule has 0 fully saturated rings. The lowest BCUT2D eigenvalue weighted by molar-refractivity contribution is -0.120. The predicted octanol–water partition coefficient (Wildman–Crippen LogP) is 1.94. The van der Waals surface area contributed by atoms with Gasteiger partial charge in [-0.05, 0) is 12.1 Å². The molecule has 1 aromatic rings. The van der Waals surface area contributed by atoms with Gasteiger partial charge in [-0.25, -0.2) is 0 Å². The number of rotatable bonds is 2. The van der Waals surface area contributed by atoms with E-state index in [2.05, 4.69) is 4.74 Å². The highest BCUT2D eigenvalue weighted by Gasteiger charge is 1.95. The summed E-state index contributed by atoms with van der Waals surface area (Å²) in [5.41, 5.74) is 0. The maximum atomic E-state index is 9.72. The molecule has 0 N–H and O–H groups in total. The van der Waals surface area contributed by atoms with Gasteiger partial charge in [0.05, 0.1) is 4.34 Å². The third-order valence-electron chi connectivity index (χ3n) is 0.713. The van der Waals surface area contributed by atoms with Gasteiger partial charge in [0.25, 0.3) is 6.47 Å². The second-order valence-corrected chi connectivity index (χ2v) is 2.95. The first-order valence-corrected chi connectivity index (χ1v) is 3.38. The van der Waals surface area contributed by atoms with Crippen molar-refractivity contribution in [2.75, 3.05) is 0 Å². The zero-order valence-electron chi connectivity index (χ0n) is 4.33. The number of carbonyl (C=O) groups excluding carboxylic acids is 1. The van der Waals surface area contributed by atoms with Crippen LogP contribution < -0.4 is 4.74 Å². The molecule has 0 aliphatic rings. The van der Waals surface area contributed by atoms with Gasteiger partial charge < -0.3 is 4.74 Å². The van der Waals surface area contributed by atoms with E-state index >= 15 is 0 Å². The van der Waals surface area contributed by atoms with Crippen LogP contribution in [0.2, 0.25) is 4.34 Å². The monoisotopic (exact) mass is 162 g/mol. The third kappa shape index (κ3) is 1.69.